The molecule has 0 atom stereocenters. The van der Waals surface area contributed by atoms with Crippen LogP contribution < -0.4 is 0 Å². The van der Waals surface area contributed by atoms with Gasteiger partial charge in [0.1, 0.15) is 5.82 Å². The predicted octanol–water partition coefficient (Wildman–Crippen LogP) is 6.38. The average molecular weight is 405 g/mol. The number of benzene rings is 3. The van der Waals surface area contributed by atoms with Crippen molar-refractivity contribution in [2.45, 2.75) is 33.9 Å². The Balaban J connectivity index is 1.79. The molecule has 6 rings (SSSR count). The summed E-state index contributed by atoms with van der Waals surface area (Å²) < 4.78 is 4.90. The minimum atomic E-state index is 0.721. The maximum absolute atomic E-state index is 4.75. The molecule has 31 heavy (non-hydrogen) atoms. The van der Waals surface area contributed by atoms with Crippen molar-refractivity contribution in [2.75, 3.05) is 0 Å². The number of hydrogen-bond acceptors (Lipinski definition) is 2. The normalized spacial score (nSPS) is 12.0. The fraction of sp³-hybridized carbons (Fsp3) is 0.185. The molecule has 0 aliphatic carbocycles. The maximum atomic E-state index is 4.75. The molecule has 0 aliphatic rings. The molecule has 0 bridgehead atoms. The van der Waals surface area contributed by atoms with Crippen molar-refractivity contribution in [3.8, 4) is 0 Å². The fourth-order valence-electron chi connectivity index (χ4n) is 5.20. The molecule has 0 radical (unpaired) electrons. The van der Waals surface area contributed by atoms with E-state index < -0.39 is 0 Å². The number of hydrogen-bond donors (Lipinski definition) is 0. The number of rotatable bonds is 3. The van der Waals surface area contributed by atoms with Gasteiger partial charge in [0.2, 0.25) is 0 Å². The first-order valence-corrected chi connectivity index (χ1v) is 10.9. The molecule has 0 unspecified atom stereocenters. The van der Waals surface area contributed by atoms with Crippen molar-refractivity contribution in [2.24, 2.45) is 0 Å². The molecule has 3 heterocycles. The summed E-state index contributed by atoms with van der Waals surface area (Å²) in [6.07, 6.45) is 0. The van der Waals surface area contributed by atoms with Gasteiger partial charge in [-0.15, -0.1) is 0 Å². The van der Waals surface area contributed by atoms with Crippen LogP contribution in [0.15, 0.2) is 66.7 Å². The van der Waals surface area contributed by atoms with Crippen LogP contribution in [0.3, 0.4) is 0 Å². The number of fused-ring (bicyclic) bond motifs is 7. The zero-order valence-electron chi connectivity index (χ0n) is 18.1. The second-order valence-electron chi connectivity index (χ2n) is 8.27. The topological polar surface area (TPSA) is 35.6 Å². The van der Waals surface area contributed by atoms with Crippen LogP contribution >= 0.6 is 0 Å². The summed E-state index contributed by atoms with van der Waals surface area (Å²) in [7, 11) is 0. The Hall–Kier alpha value is -3.66. The summed E-state index contributed by atoms with van der Waals surface area (Å²) in [6.45, 7) is 7.89. The van der Waals surface area contributed by atoms with E-state index in [4.69, 9.17) is 4.98 Å². The van der Waals surface area contributed by atoms with Crippen LogP contribution in [0.4, 0.5) is 0 Å². The molecule has 0 fully saturated rings. The van der Waals surface area contributed by atoms with E-state index in [0.29, 0.717) is 0 Å². The highest BCUT2D eigenvalue weighted by Gasteiger charge is 2.19. The van der Waals surface area contributed by atoms with Gasteiger partial charge in [-0.05, 0) is 39.0 Å². The molecule has 4 nitrogen and oxygen atoms in total. The molecule has 0 spiro atoms. The summed E-state index contributed by atoms with van der Waals surface area (Å²) in [4.78, 5) is 9.22. The molecule has 4 heteroatoms. The monoisotopic (exact) mass is 404 g/mol. The van der Waals surface area contributed by atoms with Crippen molar-refractivity contribution in [1.29, 1.82) is 0 Å². The number of para-hydroxylation sites is 2. The second-order valence-corrected chi connectivity index (χ2v) is 8.27. The highest BCUT2D eigenvalue weighted by molar-refractivity contribution is 6.22. The summed E-state index contributed by atoms with van der Waals surface area (Å²) >= 11 is 0. The summed E-state index contributed by atoms with van der Waals surface area (Å²) in [5.74, 6) is 0.823. The quantitative estimate of drug-likeness (QED) is 0.343. The van der Waals surface area contributed by atoms with Crippen LogP contribution in [-0.4, -0.2) is 19.1 Å². The van der Waals surface area contributed by atoms with Crippen molar-refractivity contribution < 1.29 is 0 Å². The van der Waals surface area contributed by atoms with Gasteiger partial charge >= 0.3 is 0 Å². The van der Waals surface area contributed by atoms with Crippen LogP contribution in [0.5, 0.6) is 0 Å². The Kier molecular flexibility index (Phi) is 3.90. The van der Waals surface area contributed by atoms with E-state index in [1.165, 1.54) is 43.6 Å². The van der Waals surface area contributed by atoms with E-state index in [-0.39, 0.29) is 0 Å². The SMILES string of the molecule is CCn1c2ccccc2c2ccc3c4ccccc4n(Cc4cc(C)nc(C)n4)c3c21. The smallest absolute Gasteiger partial charge is 0.125 e. The Morgan fingerprint density at radius 3 is 1.87 bits per heavy atom. The van der Waals surface area contributed by atoms with Crippen LogP contribution in [-0.2, 0) is 13.1 Å². The van der Waals surface area contributed by atoms with Gasteiger partial charge in [-0.25, -0.2) is 9.97 Å². The molecule has 0 aliphatic heterocycles. The Labute approximate surface area is 180 Å². The van der Waals surface area contributed by atoms with Crippen molar-refractivity contribution in [3.63, 3.8) is 0 Å². The lowest BCUT2D eigenvalue weighted by Gasteiger charge is -2.11. The van der Waals surface area contributed by atoms with Gasteiger partial charge in [-0.2, -0.15) is 0 Å². The van der Waals surface area contributed by atoms with E-state index >= 15 is 0 Å². The van der Waals surface area contributed by atoms with Crippen LogP contribution in [0.25, 0.3) is 43.6 Å². The highest BCUT2D eigenvalue weighted by Crippen LogP contribution is 2.39. The molecular weight excluding hydrogens is 380 g/mol. The largest absolute Gasteiger partial charge is 0.339 e. The van der Waals surface area contributed by atoms with Crippen molar-refractivity contribution in [1.82, 2.24) is 19.1 Å². The van der Waals surface area contributed by atoms with Crippen molar-refractivity contribution in [3.05, 3.63) is 83.9 Å². The van der Waals surface area contributed by atoms with Gasteiger partial charge in [0, 0.05) is 44.8 Å². The molecule has 0 saturated heterocycles. The van der Waals surface area contributed by atoms with Crippen LogP contribution in [0.1, 0.15) is 24.1 Å². The third-order valence-corrected chi connectivity index (χ3v) is 6.32. The maximum Gasteiger partial charge on any atom is 0.125 e. The average Bonchev–Trinajstić information content (AvgIpc) is 3.26. The Bertz CT molecular complexity index is 1600. The molecular formula is C27H24N4. The van der Waals surface area contributed by atoms with E-state index in [9.17, 15) is 0 Å². The van der Waals surface area contributed by atoms with E-state index in [2.05, 4.69) is 87.8 Å². The molecule has 0 amide bonds. The molecule has 3 aromatic heterocycles. The summed E-state index contributed by atoms with van der Waals surface area (Å²) in [5, 5.41) is 5.20. The van der Waals surface area contributed by atoms with E-state index in [1.54, 1.807) is 0 Å². The first kappa shape index (κ1) is 18.1. The van der Waals surface area contributed by atoms with Gasteiger partial charge in [0.05, 0.1) is 23.3 Å². The minimum Gasteiger partial charge on any atom is -0.339 e. The molecule has 0 saturated carbocycles. The number of aryl methyl sites for hydroxylation is 3. The van der Waals surface area contributed by atoms with Crippen molar-refractivity contribution >= 4 is 43.6 Å². The molecule has 0 N–H and O–H groups in total. The zero-order valence-corrected chi connectivity index (χ0v) is 18.1. The van der Waals surface area contributed by atoms with E-state index in [0.717, 1.165) is 30.3 Å². The molecule has 3 aromatic carbocycles. The lowest BCUT2D eigenvalue weighted by atomic mass is 10.1. The molecule has 6 aromatic rings. The lowest BCUT2D eigenvalue weighted by molar-refractivity contribution is 0.800. The van der Waals surface area contributed by atoms with Gasteiger partial charge in [0.25, 0.3) is 0 Å². The molecule has 152 valence electrons. The second kappa shape index (κ2) is 6.67. The third-order valence-electron chi connectivity index (χ3n) is 6.32. The van der Waals surface area contributed by atoms with E-state index in [1.807, 2.05) is 13.8 Å². The Morgan fingerprint density at radius 1 is 0.677 bits per heavy atom. The van der Waals surface area contributed by atoms with Crippen LogP contribution in [0.2, 0.25) is 0 Å². The third kappa shape index (κ3) is 2.61. The standard InChI is InChI=1S/C27H24N4/c1-4-30-24-11-7-5-9-20(24)22-13-14-23-21-10-6-8-12-25(21)31(27(23)26(22)30)16-19-15-17(2)28-18(3)29-19/h5-15H,4,16H2,1-3H3. The Morgan fingerprint density at radius 2 is 1.26 bits per heavy atom. The first-order chi connectivity index (χ1) is 15.2. The summed E-state index contributed by atoms with van der Waals surface area (Å²) in [5.41, 5.74) is 7.18. The van der Waals surface area contributed by atoms with Gasteiger partial charge in [0.15, 0.2) is 0 Å². The number of aromatic nitrogens is 4. The highest BCUT2D eigenvalue weighted by atomic mass is 15.0. The lowest BCUT2D eigenvalue weighted by Crippen LogP contribution is -2.05. The fourth-order valence-corrected chi connectivity index (χ4v) is 5.20. The zero-order chi connectivity index (χ0) is 21.1. The van der Waals surface area contributed by atoms with Gasteiger partial charge < -0.3 is 9.13 Å². The van der Waals surface area contributed by atoms with Gasteiger partial charge in [-0.3, -0.25) is 0 Å². The van der Waals surface area contributed by atoms with Crippen LogP contribution in [0, 0.1) is 13.8 Å². The first-order valence-electron chi connectivity index (χ1n) is 10.9. The predicted molar refractivity (Wildman–Crippen MR) is 129 cm³/mol. The number of nitrogens with zero attached hydrogens (tertiary/aromatic N) is 4. The van der Waals surface area contributed by atoms with Gasteiger partial charge in [-0.1, -0.05) is 48.5 Å². The summed E-state index contributed by atoms with van der Waals surface area (Å²) in [6, 6.07) is 24.1. The minimum absolute atomic E-state index is 0.721.